The van der Waals surface area contributed by atoms with Crippen LogP contribution in [-0.4, -0.2) is 14.4 Å². The van der Waals surface area contributed by atoms with Crippen LogP contribution in [0.1, 0.15) is 0 Å². The number of benzene rings is 2. The fourth-order valence-electron chi connectivity index (χ4n) is 1.58. The third kappa shape index (κ3) is 3.48. The molecule has 0 aliphatic rings. The number of rotatable bonds is 4. The van der Waals surface area contributed by atoms with E-state index in [0.29, 0.717) is 11.4 Å². The molecule has 104 valence electrons. The minimum atomic E-state index is -3.61. The number of primary amides is 1. The van der Waals surface area contributed by atoms with Gasteiger partial charge < -0.3 is 11.1 Å². The van der Waals surface area contributed by atoms with Crippen LogP contribution in [0.5, 0.6) is 0 Å². The SMILES string of the molecule is NC(=O)Nc1ccc(NS(=O)(=O)c2ccccc2)cc1. The molecule has 4 N–H and O–H groups in total. The summed E-state index contributed by atoms with van der Waals surface area (Å²) >= 11 is 0. The van der Waals surface area contributed by atoms with Crippen molar-refractivity contribution in [2.75, 3.05) is 10.0 Å². The molecule has 2 rings (SSSR count). The highest BCUT2D eigenvalue weighted by Crippen LogP contribution is 2.18. The van der Waals surface area contributed by atoms with E-state index >= 15 is 0 Å². The van der Waals surface area contributed by atoms with Crippen molar-refractivity contribution in [3.63, 3.8) is 0 Å². The zero-order valence-corrected chi connectivity index (χ0v) is 11.2. The number of nitrogens with one attached hydrogen (secondary N) is 2. The molecule has 0 heterocycles. The Hall–Kier alpha value is -2.54. The fraction of sp³-hybridized carbons (Fsp3) is 0. The van der Waals surface area contributed by atoms with E-state index in [2.05, 4.69) is 10.0 Å². The minimum Gasteiger partial charge on any atom is -0.351 e. The summed E-state index contributed by atoms with van der Waals surface area (Å²) in [4.78, 5) is 10.8. The number of urea groups is 1. The Bertz CT molecular complexity index is 697. The van der Waals surface area contributed by atoms with Crippen molar-refractivity contribution >= 4 is 27.4 Å². The summed E-state index contributed by atoms with van der Waals surface area (Å²) in [6.07, 6.45) is 0. The molecule has 0 aliphatic carbocycles. The molecular weight excluding hydrogens is 278 g/mol. The van der Waals surface area contributed by atoms with Crippen LogP contribution in [-0.2, 0) is 10.0 Å². The lowest BCUT2D eigenvalue weighted by Gasteiger charge is -2.08. The molecule has 0 saturated heterocycles. The van der Waals surface area contributed by atoms with Gasteiger partial charge in [-0.2, -0.15) is 0 Å². The van der Waals surface area contributed by atoms with Gasteiger partial charge >= 0.3 is 6.03 Å². The molecule has 0 radical (unpaired) electrons. The Morgan fingerprint density at radius 3 is 2.00 bits per heavy atom. The molecule has 2 amide bonds. The summed E-state index contributed by atoms with van der Waals surface area (Å²) < 4.78 is 26.6. The minimum absolute atomic E-state index is 0.180. The van der Waals surface area contributed by atoms with Crippen molar-refractivity contribution in [3.05, 3.63) is 54.6 Å². The van der Waals surface area contributed by atoms with Crippen LogP contribution in [0.2, 0.25) is 0 Å². The van der Waals surface area contributed by atoms with Gasteiger partial charge in [-0.05, 0) is 36.4 Å². The number of carbonyl (C=O) groups excluding carboxylic acids is 1. The second kappa shape index (κ2) is 5.62. The number of anilines is 2. The Balaban J connectivity index is 2.16. The van der Waals surface area contributed by atoms with E-state index in [0.717, 1.165) is 0 Å². The van der Waals surface area contributed by atoms with Gasteiger partial charge in [0.2, 0.25) is 0 Å². The van der Waals surface area contributed by atoms with Gasteiger partial charge in [-0.15, -0.1) is 0 Å². The van der Waals surface area contributed by atoms with Crippen molar-refractivity contribution in [1.82, 2.24) is 0 Å². The predicted octanol–water partition coefficient (Wildman–Crippen LogP) is 1.98. The number of amides is 2. The van der Waals surface area contributed by atoms with Gasteiger partial charge in [0.1, 0.15) is 0 Å². The van der Waals surface area contributed by atoms with Gasteiger partial charge in [0.05, 0.1) is 4.90 Å². The first-order chi connectivity index (χ1) is 9.47. The first kappa shape index (κ1) is 13.9. The van der Waals surface area contributed by atoms with E-state index in [1.54, 1.807) is 30.3 Å². The maximum atomic E-state index is 12.1. The second-order valence-electron chi connectivity index (χ2n) is 3.99. The van der Waals surface area contributed by atoms with Gasteiger partial charge in [0.15, 0.2) is 0 Å². The summed E-state index contributed by atoms with van der Waals surface area (Å²) in [5.41, 5.74) is 5.86. The van der Waals surface area contributed by atoms with Crippen molar-refractivity contribution < 1.29 is 13.2 Å². The van der Waals surface area contributed by atoms with Crippen molar-refractivity contribution in [3.8, 4) is 0 Å². The van der Waals surface area contributed by atoms with Crippen molar-refractivity contribution in [2.45, 2.75) is 4.90 Å². The Morgan fingerprint density at radius 2 is 1.45 bits per heavy atom. The molecule has 0 saturated carbocycles. The Labute approximate surface area is 116 Å². The zero-order valence-electron chi connectivity index (χ0n) is 10.4. The monoisotopic (exact) mass is 291 g/mol. The van der Waals surface area contributed by atoms with Crippen LogP contribution < -0.4 is 15.8 Å². The summed E-state index contributed by atoms with van der Waals surface area (Å²) in [6, 6.07) is 13.5. The van der Waals surface area contributed by atoms with Gasteiger partial charge in [-0.25, -0.2) is 13.2 Å². The fourth-order valence-corrected chi connectivity index (χ4v) is 2.66. The van der Waals surface area contributed by atoms with E-state index in [9.17, 15) is 13.2 Å². The normalized spacial score (nSPS) is 10.8. The zero-order chi connectivity index (χ0) is 14.6. The van der Waals surface area contributed by atoms with Crippen LogP contribution in [0.25, 0.3) is 0 Å². The van der Waals surface area contributed by atoms with Crippen LogP contribution in [0.4, 0.5) is 16.2 Å². The highest BCUT2D eigenvalue weighted by atomic mass is 32.2. The van der Waals surface area contributed by atoms with Gasteiger partial charge in [0.25, 0.3) is 10.0 Å². The number of hydrogen-bond acceptors (Lipinski definition) is 3. The first-order valence-electron chi connectivity index (χ1n) is 5.72. The molecule has 0 bridgehead atoms. The summed E-state index contributed by atoms with van der Waals surface area (Å²) in [5, 5.41) is 2.39. The van der Waals surface area contributed by atoms with Crippen molar-refractivity contribution in [2.24, 2.45) is 5.73 Å². The third-order valence-electron chi connectivity index (χ3n) is 2.46. The Kier molecular flexibility index (Phi) is 3.90. The number of hydrogen-bond donors (Lipinski definition) is 3. The molecule has 7 heteroatoms. The smallest absolute Gasteiger partial charge is 0.316 e. The summed E-state index contributed by atoms with van der Waals surface area (Å²) in [7, 11) is -3.61. The maximum Gasteiger partial charge on any atom is 0.316 e. The van der Waals surface area contributed by atoms with Crippen LogP contribution in [0.3, 0.4) is 0 Å². The molecule has 0 atom stereocenters. The lowest BCUT2D eigenvalue weighted by Crippen LogP contribution is -2.19. The van der Waals surface area contributed by atoms with E-state index < -0.39 is 16.1 Å². The average molecular weight is 291 g/mol. The van der Waals surface area contributed by atoms with Crippen molar-refractivity contribution in [1.29, 1.82) is 0 Å². The first-order valence-corrected chi connectivity index (χ1v) is 7.20. The average Bonchev–Trinajstić information content (AvgIpc) is 2.41. The lowest BCUT2D eigenvalue weighted by atomic mass is 10.3. The van der Waals surface area contributed by atoms with Gasteiger partial charge in [0, 0.05) is 11.4 Å². The van der Waals surface area contributed by atoms with Gasteiger partial charge in [-0.3, -0.25) is 4.72 Å². The molecule has 0 spiro atoms. The molecule has 0 unspecified atom stereocenters. The van der Waals surface area contributed by atoms with E-state index in [1.165, 1.54) is 24.3 Å². The van der Waals surface area contributed by atoms with E-state index in [4.69, 9.17) is 5.73 Å². The van der Waals surface area contributed by atoms with Crippen LogP contribution >= 0.6 is 0 Å². The third-order valence-corrected chi connectivity index (χ3v) is 3.86. The summed E-state index contributed by atoms with van der Waals surface area (Å²) in [6.45, 7) is 0. The van der Waals surface area contributed by atoms with Gasteiger partial charge in [-0.1, -0.05) is 18.2 Å². The standard InChI is InChI=1S/C13H13N3O3S/c14-13(17)15-10-6-8-11(9-7-10)16-20(18,19)12-4-2-1-3-5-12/h1-9,16H,(H3,14,15,17). The molecule has 0 fully saturated rings. The largest absolute Gasteiger partial charge is 0.351 e. The maximum absolute atomic E-state index is 12.1. The second-order valence-corrected chi connectivity index (χ2v) is 5.67. The van der Waals surface area contributed by atoms with Crippen LogP contribution in [0.15, 0.2) is 59.5 Å². The highest BCUT2D eigenvalue weighted by molar-refractivity contribution is 7.92. The number of nitrogens with two attached hydrogens (primary N) is 1. The number of carbonyl (C=O) groups is 1. The lowest BCUT2D eigenvalue weighted by molar-refractivity contribution is 0.259. The quantitative estimate of drug-likeness (QED) is 0.802. The molecule has 6 nitrogen and oxygen atoms in total. The topological polar surface area (TPSA) is 101 Å². The van der Waals surface area contributed by atoms with Crippen LogP contribution in [0, 0.1) is 0 Å². The molecule has 2 aromatic rings. The molecule has 20 heavy (non-hydrogen) atoms. The number of sulfonamides is 1. The molecule has 0 aliphatic heterocycles. The Morgan fingerprint density at radius 1 is 0.900 bits per heavy atom. The molecule has 0 aromatic heterocycles. The highest BCUT2D eigenvalue weighted by Gasteiger charge is 2.13. The molecular formula is C13H13N3O3S. The van der Waals surface area contributed by atoms with E-state index in [-0.39, 0.29) is 4.90 Å². The molecule has 2 aromatic carbocycles. The van der Waals surface area contributed by atoms with E-state index in [1.807, 2.05) is 0 Å². The summed E-state index contributed by atoms with van der Waals surface area (Å²) in [5.74, 6) is 0. The predicted molar refractivity (Wildman–Crippen MR) is 76.9 cm³/mol.